The van der Waals surface area contributed by atoms with Gasteiger partial charge in [-0.15, -0.1) is 0 Å². The molecule has 9 nitrogen and oxygen atoms in total. The van der Waals surface area contributed by atoms with Gasteiger partial charge in [-0.1, -0.05) is 12.1 Å². The summed E-state index contributed by atoms with van der Waals surface area (Å²) in [6, 6.07) is 7.96. The monoisotopic (exact) mass is 448 g/mol. The van der Waals surface area contributed by atoms with Crippen LogP contribution in [0.25, 0.3) is 0 Å². The standard InChI is InChI=1S/C21H24N2O7S/c1-15(24)16-7-9-18(10-8-16)31(27,28)23-11-3-2-6-19(23)21(26)30-14-20(25)22-13-17-5-4-12-29-17/h4-5,7-10,12,19H,2-3,6,11,13-14H2,1H3,(H,22,25). The number of sulfonamides is 1. The largest absolute Gasteiger partial charge is 0.467 e. The molecule has 0 aliphatic carbocycles. The van der Waals surface area contributed by atoms with Crippen molar-refractivity contribution in [3.8, 4) is 0 Å². The molecule has 1 saturated heterocycles. The molecule has 1 unspecified atom stereocenters. The van der Waals surface area contributed by atoms with Crippen LogP contribution in [0.5, 0.6) is 0 Å². The number of nitrogens with one attached hydrogen (secondary N) is 1. The fourth-order valence-corrected chi connectivity index (χ4v) is 4.95. The highest BCUT2D eigenvalue weighted by molar-refractivity contribution is 7.89. The fraction of sp³-hybridized carbons (Fsp3) is 0.381. The Morgan fingerprint density at radius 1 is 1.16 bits per heavy atom. The van der Waals surface area contributed by atoms with E-state index in [-0.39, 0.29) is 23.8 Å². The van der Waals surface area contributed by atoms with E-state index in [0.29, 0.717) is 30.6 Å². The minimum atomic E-state index is -3.97. The molecule has 1 amide bonds. The van der Waals surface area contributed by atoms with Crippen molar-refractivity contribution >= 4 is 27.7 Å². The molecule has 0 bridgehead atoms. The summed E-state index contributed by atoms with van der Waals surface area (Å²) in [7, 11) is -3.97. The molecule has 2 aromatic rings. The molecular weight excluding hydrogens is 424 g/mol. The molecule has 166 valence electrons. The number of carbonyl (C=O) groups is 3. The first-order chi connectivity index (χ1) is 14.8. The number of amides is 1. The number of furan rings is 1. The van der Waals surface area contributed by atoms with Gasteiger partial charge in [0.2, 0.25) is 10.0 Å². The van der Waals surface area contributed by atoms with Gasteiger partial charge in [0.15, 0.2) is 12.4 Å². The maximum absolute atomic E-state index is 13.1. The number of rotatable bonds is 8. The highest BCUT2D eigenvalue weighted by Gasteiger charge is 2.38. The number of esters is 1. The van der Waals surface area contributed by atoms with Crippen LogP contribution in [0, 0.1) is 0 Å². The predicted octanol–water partition coefficient (Wildman–Crippen LogP) is 1.88. The van der Waals surface area contributed by atoms with E-state index in [1.165, 1.54) is 37.5 Å². The first kappa shape index (κ1) is 22.7. The van der Waals surface area contributed by atoms with Gasteiger partial charge in [-0.25, -0.2) is 8.42 Å². The highest BCUT2D eigenvalue weighted by Crippen LogP contribution is 2.26. The van der Waals surface area contributed by atoms with E-state index >= 15 is 0 Å². The van der Waals surface area contributed by atoms with Crippen molar-refractivity contribution in [1.29, 1.82) is 0 Å². The van der Waals surface area contributed by atoms with Crippen LogP contribution in [0.3, 0.4) is 0 Å². The normalized spacial score (nSPS) is 17.1. The zero-order chi connectivity index (χ0) is 22.4. The first-order valence-corrected chi connectivity index (χ1v) is 11.3. The molecule has 0 saturated carbocycles. The first-order valence-electron chi connectivity index (χ1n) is 9.87. The summed E-state index contributed by atoms with van der Waals surface area (Å²) in [6.07, 6.45) is 3.06. The third kappa shape index (κ3) is 5.59. The lowest BCUT2D eigenvalue weighted by atomic mass is 10.1. The van der Waals surface area contributed by atoms with Crippen molar-refractivity contribution < 1.29 is 32.0 Å². The second kappa shape index (κ2) is 9.88. The molecule has 1 aliphatic heterocycles. The third-order valence-corrected chi connectivity index (χ3v) is 6.90. The molecule has 1 aromatic carbocycles. The van der Waals surface area contributed by atoms with Crippen molar-refractivity contribution in [2.45, 2.75) is 43.7 Å². The Labute approximate surface area is 180 Å². The smallest absolute Gasteiger partial charge is 0.324 e. The molecule has 3 rings (SSSR count). The molecule has 1 fully saturated rings. The molecule has 1 N–H and O–H groups in total. The Morgan fingerprint density at radius 2 is 1.90 bits per heavy atom. The number of Topliss-reactive ketones (excluding diaryl/α,β-unsaturated/α-hetero) is 1. The SMILES string of the molecule is CC(=O)c1ccc(S(=O)(=O)N2CCCCC2C(=O)OCC(=O)NCc2ccco2)cc1. The second-order valence-electron chi connectivity index (χ2n) is 7.17. The Balaban J connectivity index is 1.64. The number of benzene rings is 1. The Morgan fingerprint density at radius 3 is 2.55 bits per heavy atom. The Kier molecular flexibility index (Phi) is 7.24. The van der Waals surface area contributed by atoms with Crippen molar-refractivity contribution in [2.24, 2.45) is 0 Å². The average Bonchev–Trinajstić information content (AvgIpc) is 3.30. The topological polar surface area (TPSA) is 123 Å². The van der Waals surface area contributed by atoms with Gasteiger partial charge in [-0.3, -0.25) is 14.4 Å². The second-order valence-corrected chi connectivity index (χ2v) is 9.06. The van der Waals surface area contributed by atoms with Gasteiger partial charge in [0.25, 0.3) is 5.91 Å². The number of carbonyl (C=O) groups excluding carboxylic acids is 3. The number of nitrogens with zero attached hydrogens (tertiary/aromatic N) is 1. The van der Waals surface area contributed by atoms with Gasteiger partial charge < -0.3 is 14.5 Å². The van der Waals surface area contributed by atoms with E-state index in [1.54, 1.807) is 12.1 Å². The van der Waals surface area contributed by atoms with Crippen LogP contribution < -0.4 is 5.32 Å². The van der Waals surface area contributed by atoms with Crippen LogP contribution >= 0.6 is 0 Å². The quantitative estimate of drug-likeness (QED) is 0.483. The maximum atomic E-state index is 13.1. The van der Waals surface area contributed by atoms with E-state index in [0.717, 1.165) is 4.31 Å². The summed E-state index contributed by atoms with van der Waals surface area (Å²) in [5.41, 5.74) is 0.397. The third-order valence-electron chi connectivity index (χ3n) is 4.98. The molecule has 1 aromatic heterocycles. The summed E-state index contributed by atoms with van der Waals surface area (Å²) in [5, 5.41) is 2.56. The summed E-state index contributed by atoms with van der Waals surface area (Å²) in [5.74, 6) is -0.903. The van der Waals surface area contributed by atoms with Crippen LogP contribution in [0.15, 0.2) is 52.0 Å². The summed E-state index contributed by atoms with van der Waals surface area (Å²) in [6.45, 7) is 1.20. The minimum absolute atomic E-state index is 0.00612. The van der Waals surface area contributed by atoms with E-state index < -0.39 is 34.5 Å². The van der Waals surface area contributed by atoms with Gasteiger partial charge in [0, 0.05) is 12.1 Å². The number of piperidine rings is 1. The van der Waals surface area contributed by atoms with E-state index in [1.807, 2.05) is 0 Å². The Bertz CT molecular complexity index is 1030. The molecule has 2 heterocycles. The van der Waals surface area contributed by atoms with Gasteiger partial charge in [-0.2, -0.15) is 4.31 Å². The molecule has 1 atom stereocenters. The zero-order valence-corrected chi connectivity index (χ0v) is 17.9. The van der Waals surface area contributed by atoms with Crippen molar-refractivity contribution in [3.63, 3.8) is 0 Å². The minimum Gasteiger partial charge on any atom is -0.467 e. The summed E-state index contributed by atoms with van der Waals surface area (Å²) in [4.78, 5) is 35.9. The van der Waals surface area contributed by atoms with Gasteiger partial charge >= 0.3 is 5.97 Å². The summed E-state index contributed by atoms with van der Waals surface area (Å²) >= 11 is 0. The lowest BCUT2D eigenvalue weighted by molar-refractivity contribution is -0.153. The van der Waals surface area contributed by atoms with Crippen molar-refractivity contribution in [3.05, 3.63) is 54.0 Å². The average molecular weight is 448 g/mol. The van der Waals surface area contributed by atoms with E-state index in [4.69, 9.17) is 9.15 Å². The van der Waals surface area contributed by atoms with E-state index in [9.17, 15) is 22.8 Å². The van der Waals surface area contributed by atoms with Gasteiger partial charge in [0.1, 0.15) is 11.8 Å². The van der Waals surface area contributed by atoms with Gasteiger partial charge in [-0.05, 0) is 50.5 Å². The molecular formula is C21H24N2O7S. The number of ketones is 1. The zero-order valence-electron chi connectivity index (χ0n) is 17.1. The molecule has 0 spiro atoms. The van der Waals surface area contributed by atoms with E-state index in [2.05, 4.69) is 5.32 Å². The molecule has 31 heavy (non-hydrogen) atoms. The highest BCUT2D eigenvalue weighted by atomic mass is 32.2. The van der Waals surface area contributed by atoms with Crippen LogP contribution in [-0.4, -0.2) is 49.6 Å². The molecule has 0 radical (unpaired) electrons. The van der Waals surface area contributed by atoms with Crippen LogP contribution in [0.4, 0.5) is 0 Å². The van der Waals surface area contributed by atoms with Crippen molar-refractivity contribution in [2.75, 3.05) is 13.2 Å². The number of hydrogen-bond donors (Lipinski definition) is 1. The fourth-order valence-electron chi connectivity index (χ4n) is 3.31. The Hall–Kier alpha value is -2.98. The summed E-state index contributed by atoms with van der Waals surface area (Å²) < 4.78 is 37.5. The van der Waals surface area contributed by atoms with Crippen molar-refractivity contribution in [1.82, 2.24) is 9.62 Å². The maximum Gasteiger partial charge on any atom is 0.324 e. The lowest BCUT2D eigenvalue weighted by Crippen LogP contribution is -2.49. The number of hydrogen-bond acceptors (Lipinski definition) is 7. The van der Waals surface area contributed by atoms with Gasteiger partial charge in [0.05, 0.1) is 17.7 Å². The lowest BCUT2D eigenvalue weighted by Gasteiger charge is -2.33. The number of ether oxygens (including phenoxy) is 1. The van der Waals surface area contributed by atoms with Crippen LogP contribution in [0.1, 0.15) is 42.3 Å². The molecule has 10 heteroatoms. The van der Waals surface area contributed by atoms with Crippen LogP contribution in [0.2, 0.25) is 0 Å². The molecule has 1 aliphatic rings. The predicted molar refractivity (Wildman–Crippen MR) is 109 cm³/mol. The van der Waals surface area contributed by atoms with Crippen LogP contribution in [-0.2, 0) is 30.9 Å².